The summed E-state index contributed by atoms with van der Waals surface area (Å²) >= 11 is 10.7. The fraction of sp³-hybridized carbons (Fsp3) is 0. The molecule has 0 bridgehead atoms. The first-order valence-corrected chi connectivity index (χ1v) is 6.34. The van der Waals surface area contributed by atoms with Crippen LogP contribution in [0.15, 0.2) is 30.3 Å². The Balaban J connectivity index is 2.23. The van der Waals surface area contributed by atoms with E-state index in [1.54, 1.807) is 24.3 Å². The minimum Gasteiger partial charge on any atom is -0.331 e. The van der Waals surface area contributed by atoms with Crippen molar-refractivity contribution in [2.45, 2.75) is 0 Å². The standard InChI is InChI=1S/C13H7ClF4N2S/c14-6-3-1-2-4-9(6)19-13(21)20-12-10(17)7(15)5-8(16)11(12)18/h1-5H,(H2,19,20,21). The lowest BCUT2D eigenvalue weighted by Gasteiger charge is -2.13. The molecule has 0 saturated heterocycles. The van der Waals surface area contributed by atoms with Crippen LogP contribution < -0.4 is 10.6 Å². The molecule has 0 unspecified atom stereocenters. The van der Waals surface area contributed by atoms with E-state index in [9.17, 15) is 17.6 Å². The third-order valence-corrected chi connectivity index (χ3v) is 3.01. The van der Waals surface area contributed by atoms with Crippen LogP contribution >= 0.6 is 23.8 Å². The van der Waals surface area contributed by atoms with Gasteiger partial charge >= 0.3 is 0 Å². The summed E-state index contributed by atoms with van der Waals surface area (Å²) in [5.41, 5.74) is -0.647. The number of hydrogen-bond donors (Lipinski definition) is 2. The van der Waals surface area contributed by atoms with E-state index in [2.05, 4.69) is 10.6 Å². The second-order valence-corrected chi connectivity index (χ2v) is 4.72. The number of nitrogens with one attached hydrogen (secondary N) is 2. The smallest absolute Gasteiger partial charge is 0.185 e. The molecule has 8 heteroatoms. The molecule has 2 aromatic rings. The van der Waals surface area contributed by atoms with Gasteiger partial charge in [-0.3, -0.25) is 0 Å². The number of hydrogen-bond acceptors (Lipinski definition) is 1. The molecular weight excluding hydrogens is 328 g/mol. The summed E-state index contributed by atoms with van der Waals surface area (Å²) in [6, 6.07) is 6.57. The van der Waals surface area contributed by atoms with Crippen molar-refractivity contribution in [1.29, 1.82) is 0 Å². The van der Waals surface area contributed by atoms with Crippen LogP contribution in [-0.2, 0) is 0 Å². The van der Waals surface area contributed by atoms with Crippen molar-refractivity contribution in [2.75, 3.05) is 10.6 Å². The van der Waals surface area contributed by atoms with E-state index >= 15 is 0 Å². The van der Waals surface area contributed by atoms with E-state index in [4.69, 9.17) is 23.8 Å². The molecule has 0 heterocycles. The summed E-state index contributed by atoms with van der Waals surface area (Å²) in [4.78, 5) is 0. The predicted octanol–water partition coefficient (Wildman–Crippen LogP) is 4.71. The lowest BCUT2D eigenvalue weighted by atomic mass is 10.2. The van der Waals surface area contributed by atoms with Gasteiger partial charge in [0.15, 0.2) is 28.4 Å². The minimum absolute atomic E-state index is 0.111. The van der Waals surface area contributed by atoms with Crippen molar-refractivity contribution in [3.05, 3.63) is 58.6 Å². The maximum absolute atomic E-state index is 13.5. The zero-order valence-electron chi connectivity index (χ0n) is 10.2. The third-order valence-electron chi connectivity index (χ3n) is 2.47. The van der Waals surface area contributed by atoms with Crippen molar-refractivity contribution < 1.29 is 17.6 Å². The van der Waals surface area contributed by atoms with Crippen LogP contribution in [0.1, 0.15) is 0 Å². The van der Waals surface area contributed by atoms with Gasteiger partial charge in [-0.05, 0) is 24.4 Å². The normalized spacial score (nSPS) is 10.3. The summed E-state index contributed by atoms with van der Waals surface area (Å²) in [7, 11) is 0. The monoisotopic (exact) mass is 334 g/mol. The summed E-state index contributed by atoms with van der Waals surface area (Å²) in [6.45, 7) is 0. The van der Waals surface area contributed by atoms with E-state index in [0.717, 1.165) is 0 Å². The number of thiocarbonyl (C=S) groups is 1. The van der Waals surface area contributed by atoms with Crippen molar-refractivity contribution in [1.82, 2.24) is 0 Å². The van der Waals surface area contributed by atoms with Gasteiger partial charge in [0.1, 0.15) is 5.69 Å². The van der Waals surface area contributed by atoms with Gasteiger partial charge in [-0.15, -0.1) is 0 Å². The molecule has 0 atom stereocenters. The highest BCUT2D eigenvalue weighted by molar-refractivity contribution is 7.80. The molecule has 2 aromatic carbocycles. The van der Waals surface area contributed by atoms with Gasteiger partial charge in [-0.1, -0.05) is 23.7 Å². The zero-order valence-corrected chi connectivity index (χ0v) is 11.8. The second kappa shape index (κ2) is 6.28. The van der Waals surface area contributed by atoms with Crippen molar-refractivity contribution >= 4 is 40.3 Å². The van der Waals surface area contributed by atoms with Gasteiger partial charge in [-0.25, -0.2) is 17.6 Å². The molecule has 110 valence electrons. The Labute approximate surface area is 127 Å². The molecule has 2 N–H and O–H groups in total. The zero-order chi connectivity index (χ0) is 15.6. The first-order chi connectivity index (χ1) is 9.90. The maximum atomic E-state index is 13.5. The van der Waals surface area contributed by atoms with Crippen LogP contribution in [0.2, 0.25) is 5.02 Å². The number of benzene rings is 2. The Bertz CT molecular complexity index is 683. The fourth-order valence-electron chi connectivity index (χ4n) is 1.51. The Morgan fingerprint density at radius 3 is 2.10 bits per heavy atom. The molecule has 0 fully saturated rings. The van der Waals surface area contributed by atoms with Crippen LogP contribution in [0.3, 0.4) is 0 Å². The van der Waals surface area contributed by atoms with E-state index in [0.29, 0.717) is 10.7 Å². The number of halogens is 5. The molecule has 0 aliphatic heterocycles. The highest BCUT2D eigenvalue weighted by Gasteiger charge is 2.20. The van der Waals surface area contributed by atoms with Gasteiger partial charge in [0.2, 0.25) is 0 Å². The third kappa shape index (κ3) is 3.43. The van der Waals surface area contributed by atoms with Crippen LogP contribution in [0.5, 0.6) is 0 Å². The number of anilines is 2. The Kier molecular flexibility index (Phi) is 4.64. The number of para-hydroxylation sites is 1. The summed E-state index contributed by atoms with van der Waals surface area (Å²) in [5.74, 6) is -6.21. The van der Waals surface area contributed by atoms with Gasteiger partial charge in [-0.2, -0.15) is 0 Å². The second-order valence-electron chi connectivity index (χ2n) is 3.90. The van der Waals surface area contributed by atoms with E-state index < -0.39 is 29.0 Å². The van der Waals surface area contributed by atoms with Crippen LogP contribution in [0.4, 0.5) is 28.9 Å². The largest absolute Gasteiger partial charge is 0.331 e. The van der Waals surface area contributed by atoms with Gasteiger partial charge < -0.3 is 10.6 Å². The van der Waals surface area contributed by atoms with E-state index in [1.165, 1.54) is 0 Å². The molecule has 0 saturated carbocycles. The number of rotatable bonds is 2. The first-order valence-electron chi connectivity index (χ1n) is 5.55. The summed E-state index contributed by atoms with van der Waals surface area (Å²) in [6.07, 6.45) is 0. The first kappa shape index (κ1) is 15.5. The van der Waals surface area contributed by atoms with Crippen LogP contribution in [0, 0.1) is 23.3 Å². The maximum Gasteiger partial charge on any atom is 0.185 e. The topological polar surface area (TPSA) is 24.1 Å². The molecular formula is C13H7ClF4N2S. The molecule has 0 aliphatic rings. The predicted molar refractivity (Wildman–Crippen MR) is 77.6 cm³/mol. The van der Waals surface area contributed by atoms with E-state index in [1.807, 2.05) is 0 Å². The highest BCUT2D eigenvalue weighted by atomic mass is 35.5. The summed E-state index contributed by atoms with van der Waals surface area (Å²) < 4.78 is 53.0. The highest BCUT2D eigenvalue weighted by Crippen LogP contribution is 2.25. The molecule has 0 radical (unpaired) electrons. The van der Waals surface area contributed by atoms with E-state index in [-0.39, 0.29) is 11.2 Å². The molecule has 0 aromatic heterocycles. The quantitative estimate of drug-likeness (QED) is 0.473. The lowest BCUT2D eigenvalue weighted by molar-refractivity contribution is 0.459. The van der Waals surface area contributed by atoms with Crippen molar-refractivity contribution in [3.8, 4) is 0 Å². The average Bonchev–Trinajstić information content (AvgIpc) is 2.44. The Hall–Kier alpha value is -1.86. The SMILES string of the molecule is Fc1cc(F)c(F)c(NC(=S)Nc2ccccc2Cl)c1F. The molecule has 0 spiro atoms. The molecule has 2 rings (SSSR count). The lowest BCUT2D eigenvalue weighted by Crippen LogP contribution is -2.21. The molecule has 0 amide bonds. The molecule has 21 heavy (non-hydrogen) atoms. The Morgan fingerprint density at radius 2 is 1.52 bits per heavy atom. The van der Waals surface area contributed by atoms with Crippen molar-refractivity contribution in [2.24, 2.45) is 0 Å². The van der Waals surface area contributed by atoms with Gasteiger partial charge in [0.25, 0.3) is 0 Å². The van der Waals surface area contributed by atoms with Crippen molar-refractivity contribution in [3.63, 3.8) is 0 Å². The van der Waals surface area contributed by atoms with Gasteiger partial charge in [0, 0.05) is 6.07 Å². The molecule has 2 nitrogen and oxygen atoms in total. The van der Waals surface area contributed by atoms with Crippen LogP contribution in [0.25, 0.3) is 0 Å². The van der Waals surface area contributed by atoms with Crippen LogP contribution in [-0.4, -0.2) is 5.11 Å². The van der Waals surface area contributed by atoms with Gasteiger partial charge in [0.05, 0.1) is 10.7 Å². The average molecular weight is 335 g/mol. The minimum atomic E-state index is -1.57. The molecule has 0 aliphatic carbocycles. The Morgan fingerprint density at radius 1 is 0.952 bits per heavy atom. The fourth-order valence-corrected chi connectivity index (χ4v) is 1.91. The summed E-state index contributed by atoms with van der Waals surface area (Å²) in [5, 5.41) is 4.67.